The van der Waals surface area contributed by atoms with Crippen LogP contribution in [-0.4, -0.2) is 54.2 Å². The van der Waals surface area contributed by atoms with E-state index in [1.54, 1.807) is 12.1 Å². The number of piperazine rings is 1. The second kappa shape index (κ2) is 9.17. The van der Waals surface area contributed by atoms with E-state index in [9.17, 15) is 10.1 Å². The fourth-order valence-corrected chi connectivity index (χ4v) is 3.78. The van der Waals surface area contributed by atoms with Gasteiger partial charge in [0, 0.05) is 62.5 Å². The van der Waals surface area contributed by atoms with Crippen molar-refractivity contribution in [2.45, 2.75) is 13.2 Å². The molecule has 0 aromatic heterocycles. The minimum absolute atomic E-state index is 0.0949. The molecule has 0 radical (unpaired) electrons. The molecule has 29 heavy (non-hydrogen) atoms. The molecule has 152 valence electrons. The van der Waals surface area contributed by atoms with E-state index < -0.39 is 0 Å². The summed E-state index contributed by atoms with van der Waals surface area (Å²) in [5.74, 6) is 0.745. The molecule has 0 atom stereocenters. The Balaban J connectivity index is 1.34. The number of benzene rings is 2. The van der Waals surface area contributed by atoms with Gasteiger partial charge in [0.05, 0.1) is 11.5 Å². The highest BCUT2D eigenvalue weighted by atomic mass is 16.7. The van der Waals surface area contributed by atoms with Crippen LogP contribution in [0.25, 0.3) is 6.08 Å². The topological polar surface area (TPSA) is 68.1 Å². The normalized spacial score (nSPS) is 17.8. The van der Waals surface area contributed by atoms with E-state index in [0.717, 1.165) is 49.6 Å². The lowest BCUT2D eigenvalue weighted by Gasteiger charge is -2.34. The highest BCUT2D eigenvalue weighted by Crippen LogP contribution is 2.33. The fraction of sp³-hybridized carbons (Fsp3) is 0.364. The van der Waals surface area contributed by atoms with E-state index in [-0.39, 0.29) is 17.4 Å². The van der Waals surface area contributed by atoms with Gasteiger partial charge in [-0.2, -0.15) is 0 Å². The predicted molar refractivity (Wildman–Crippen MR) is 111 cm³/mol. The Hall–Kier alpha value is -2.74. The van der Waals surface area contributed by atoms with Crippen LogP contribution in [0, 0.1) is 10.1 Å². The summed E-state index contributed by atoms with van der Waals surface area (Å²) >= 11 is 0. The van der Waals surface area contributed by atoms with Crippen molar-refractivity contribution in [1.29, 1.82) is 0 Å². The van der Waals surface area contributed by atoms with Gasteiger partial charge in [-0.25, -0.2) is 0 Å². The molecular formula is C22H25N3O4. The van der Waals surface area contributed by atoms with Crippen LogP contribution in [0.5, 0.6) is 5.75 Å². The Bertz CT molecular complexity index is 877. The molecule has 0 aliphatic carbocycles. The van der Waals surface area contributed by atoms with Crippen molar-refractivity contribution in [3.8, 4) is 5.75 Å². The van der Waals surface area contributed by atoms with Crippen molar-refractivity contribution in [2.24, 2.45) is 0 Å². The van der Waals surface area contributed by atoms with E-state index in [4.69, 9.17) is 9.47 Å². The number of fused-ring (bicyclic) bond motifs is 1. The monoisotopic (exact) mass is 395 g/mol. The molecule has 0 bridgehead atoms. The summed E-state index contributed by atoms with van der Waals surface area (Å²) in [5, 5.41) is 11.3. The summed E-state index contributed by atoms with van der Waals surface area (Å²) in [6.07, 6.45) is 4.36. The van der Waals surface area contributed by atoms with Crippen molar-refractivity contribution in [2.75, 3.05) is 39.5 Å². The Kier molecular flexibility index (Phi) is 6.19. The first-order valence-corrected chi connectivity index (χ1v) is 9.86. The Morgan fingerprint density at radius 1 is 1.07 bits per heavy atom. The smallest absolute Gasteiger partial charge is 0.270 e. The van der Waals surface area contributed by atoms with Gasteiger partial charge in [-0.3, -0.25) is 19.9 Å². The molecule has 7 nitrogen and oxygen atoms in total. The molecule has 0 amide bonds. The minimum atomic E-state index is -0.352. The second-order valence-corrected chi connectivity index (χ2v) is 7.35. The summed E-state index contributed by atoms with van der Waals surface area (Å²) < 4.78 is 10.9. The number of non-ortho nitro benzene ring substituents is 1. The standard InChI is InChI=1S/C22H25N3O4/c26-25(27)21-13-19(22-20(14-21)16-28-17-29-22)15-24-11-9-23(10-12-24)8-4-7-18-5-2-1-3-6-18/h1-7,13-14H,8-12,15-17H2/b7-4+. The SMILES string of the molecule is O=[N+]([O-])c1cc2c(c(CN3CCN(C/C=C/c4ccccc4)CC3)c1)OCOC2. The zero-order valence-electron chi connectivity index (χ0n) is 16.3. The highest BCUT2D eigenvalue weighted by Gasteiger charge is 2.23. The van der Waals surface area contributed by atoms with E-state index >= 15 is 0 Å². The molecule has 0 saturated carbocycles. The Labute approximate surface area is 170 Å². The third-order valence-electron chi connectivity index (χ3n) is 5.31. The third kappa shape index (κ3) is 5.00. The lowest BCUT2D eigenvalue weighted by Crippen LogP contribution is -2.45. The van der Waals surface area contributed by atoms with Crippen LogP contribution in [0.2, 0.25) is 0 Å². The number of hydrogen-bond donors (Lipinski definition) is 0. The number of nitrogens with zero attached hydrogens (tertiary/aromatic N) is 3. The maximum absolute atomic E-state index is 11.3. The van der Waals surface area contributed by atoms with E-state index in [1.165, 1.54) is 5.56 Å². The summed E-state index contributed by atoms with van der Waals surface area (Å²) in [5.41, 5.74) is 2.93. The first-order chi connectivity index (χ1) is 14.2. The van der Waals surface area contributed by atoms with E-state index in [1.807, 2.05) is 18.2 Å². The summed E-state index contributed by atoms with van der Waals surface area (Å²) in [6.45, 7) is 5.92. The molecule has 2 aliphatic heterocycles. The van der Waals surface area contributed by atoms with Gasteiger partial charge in [0.2, 0.25) is 0 Å². The van der Waals surface area contributed by atoms with Gasteiger partial charge >= 0.3 is 0 Å². The summed E-state index contributed by atoms with van der Waals surface area (Å²) in [4.78, 5) is 15.7. The summed E-state index contributed by atoms with van der Waals surface area (Å²) in [6, 6.07) is 13.5. The molecule has 2 aromatic carbocycles. The molecule has 0 unspecified atom stereocenters. The molecule has 2 heterocycles. The lowest BCUT2D eigenvalue weighted by molar-refractivity contribution is -0.385. The van der Waals surface area contributed by atoms with Crippen molar-refractivity contribution >= 4 is 11.8 Å². The van der Waals surface area contributed by atoms with Crippen molar-refractivity contribution < 1.29 is 14.4 Å². The molecule has 1 saturated heterocycles. The molecule has 0 N–H and O–H groups in total. The Morgan fingerprint density at radius 2 is 1.83 bits per heavy atom. The average Bonchev–Trinajstić information content (AvgIpc) is 2.75. The van der Waals surface area contributed by atoms with E-state index in [2.05, 4.69) is 34.1 Å². The molecule has 2 aromatic rings. The number of nitro benzene ring substituents is 1. The second-order valence-electron chi connectivity index (χ2n) is 7.35. The zero-order chi connectivity index (χ0) is 20.1. The maximum Gasteiger partial charge on any atom is 0.270 e. The van der Waals surface area contributed by atoms with Crippen LogP contribution in [0.4, 0.5) is 5.69 Å². The van der Waals surface area contributed by atoms with Crippen LogP contribution in [-0.2, 0) is 17.9 Å². The molecule has 2 aliphatic rings. The van der Waals surface area contributed by atoms with Crippen LogP contribution in [0.1, 0.15) is 16.7 Å². The predicted octanol–water partition coefficient (Wildman–Crippen LogP) is 3.29. The van der Waals surface area contributed by atoms with Crippen LogP contribution >= 0.6 is 0 Å². The number of rotatable bonds is 6. The van der Waals surface area contributed by atoms with Crippen molar-refractivity contribution in [1.82, 2.24) is 9.80 Å². The van der Waals surface area contributed by atoms with Gasteiger partial charge in [0.15, 0.2) is 6.79 Å². The van der Waals surface area contributed by atoms with Gasteiger partial charge in [-0.1, -0.05) is 42.5 Å². The number of hydrogen-bond acceptors (Lipinski definition) is 6. The quantitative estimate of drug-likeness (QED) is 0.552. The number of ether oxygens (including phenoxy) is 2. The highest BCUT2D eigenvalue weighted by molar-refractivity contribution is 5.50. The molecule has 7 heteroatoms. The van der Waals surface area contributed by atoms with Crippen LogP contribution in [0.15, 0.2) is 48.5 Å². The average molecular weight is 395 g/mol. The fourth-order valence-electron chi connectivity index (χ4n) is 3.78. The number of nitro groups is 1. The van der Waals surface area contributed by atoms with Gasteiger partial charge < -0.3 is 9.47 Å². The molecule has 0 spiro atoms. The summed E-state index contributed by atoms with van der Waals surface area (Å²) in [7, 11) is 0. The van der Waals surface area contributed by atoms with Crippen molar-refractivity contribution in [3.05, 3.63) is 75.3 Å². The Morgan fingerprint density at radius 3 is 2.59 bits per heavy atom. The first kappa shape index (κ1) is 19.6. The van der Waals surface area contributed by atoms with Gasteiger partial charge in [0.1, 0.15) is 5.75 Å². The van der Waals surface area contributed by atoms with Crippen molar-refractivity contribution in [3.63, 3.8) is 0 Å². The van der Waals surface area contributed by atoms with Gasteiger partial charge in [-0.15, -0.1) is 0 Å². The third-order valence-corrected chi connectivity index (χ3v) is 5.31. The zero-order valence-corrected chi connectivity index (χ0v) is 16.3. The van der Waals surface area contributed by atoms with Crippen LogP contribution in [0.3, 0.4) is 0 Å². The largest absolute Gasteiger partial charge is 0.467 e. The van der Waals surface area contributed by atoms with Gasteiger partial charge in [0.25, 0.3) is 5.69 Å². The first-order valence-electron chi connectivity index (χ1n) is 9.86. The van der Waals surface area contributed by atoms with Gasteiger partial charge in [-0.05, 0) is 5.56 Å². The van der Waals surface area contributed by atoms with Crippen LogP contribution < -0.4 is 4.74 Å². The lowest BCUT2D eigenvalue weighted by atomic mass is 10.1. The molecule has 4 rings (SSSR count). The van der Waals surface area contributed by atoms with E-state index in [0.29, 0.717) is 13.2 Å². The molecular weight excluding hydrogens is 370 g/mol. The molecule has 1 fully saturated rings. The minimum Gasteiger partial charge on any atom is -0.467 e. The maximum atomic E-state index is 11.3.